The van der Waals surface area contributed by atoms with Crippen LogP contribution >= 0.6 is 15.9 Å². The van der Waals surface area contributed by atoms with Gasteiger partial charge in [-0.1, -0.05) is 6.92 Å². The number of hydrogen-bond donors (Lipinski definition) is 1. The van der Waals surface area contributed by atoms with Crippen molar-refractivity contribution in [2.24, 2.45) is 5.73 Å². The zero-order valence-electron chi connectivity index (χ0n) is 7.15. The quantitative estimate of drug-likeness (QED) is 0.801. The van der Waals surface area contributed by atoms with E-state index < -0.39 is 17.7 Å². The zero-order chi connectivity index (χ0) is 10.0. The van der Waals surface area contributed by atoms with Crippen molar-refractivity contribution in [2.45, 2.75) is 19.4 Å². The first-order valence-corrected chi connectivity index (χ1v) is 4.76. The van der Waals surface area contributed by atoms with Gasteiger partial charge in [0.15, 0.2) is 0 Å². The molecule has 0 aliphatic rings. The van der Waals surface area contributed by atoms with Crippen molar-refractivity contribution in [1.82, 2.24) is 0 Å². The Labute approximate surface area is 84.1 Å². The molecule has 0 radical (unpaired) electrons. The average molecular weight is 250 g/mol. The molecule has 1 aromatic rings. The Bertz CT molecular complexity index is 315. The summed E-state index contributed by atoms with van der Waals surface area (Å²) in [5.41, 5.74) is 5.52. The third-order valence-electron chi connectivity index (χ3n) is 1.89. The third-order valence-corrected chi connectivity index (χ3v) is 2.50. The Morgan fingerprint density at radius 3 is 2.62 bits per heavy atom. The molecule has 0 bridgehead atoms. The van der Waals surface area contributed by atoms with Gasteiger partial charge in [-0.25, -0.2) is 8.78 Å². The van der Waals surface area contributed by atoms with Gasteiger partial charge in [0.25, 0.3) is 0 Å². The number of benzene rings is 1. The first kappa shape index (κ1) is 10.6. The molecule has 1 aromatic carbocycles. The van der Waals surface area contributed by atoms with Crippen molar-refractivity contribution >= 4 is 15.9 Å². The lowest BCUT2D eigenvalue weighted by Crippen LogP contribution is -2.13. The van der Waals surface area contributed by atoms with Crippen molar-refractivity contribution in [3.05, 3.63) is 33.8 Å². The van der Waals surface area contributed by atoms with Gasteiger partial charge in [0.1, 0.15) is 11.6 Å². The monoisotopic (exact) mass is 249 g/mol. The Morgan fingerprint density at radius 2 is 2.08 bits per heavy atom. The van der Waals surface area contributed by atoms with Gasteiger partial charge < -0.3 is 5.73 Å². The third kappa shape index (κ3) is 2.06. The molecule has 1 nitrogen and oxygen atoms in total. The number of rotatable bonds is 2. The average Bonchev–Trinajstić information content (AvgIpc) is 2.12. The summed E-state index contributed by atoms with van der Waals surface area (Å²) in [7, 11) is 0. The minimum Gasteiger partial charge on any atom is -0.324 e. The maximum absolute atomic E-state index is 13.3. The van der Waals surface area contributed by atoms with E-state index in [2.05, 4.69) is 15.9 Å². The van der Waals surface area contributed by atoms with Crippen LogP contribution in [0, 0.1) is 11.6 Å². The lowest BCUT2D eigenvalue weighted by molar-refractivity contribution is 0.517. The van der Waals surface area contributed by atoms with Crippen LogP contribution in [0.4, 0.5) is 8.78 Å². The standard InChI is InChI=1S/C9H10BrF2N/c1-2-7(13)8-6(11)4-3-5(10)9(8)12/h3-4,7H,2,13H2,1H3/t7-/m0/s1. The summed E-state index contributed by atoms with van der Waals surface area (Å²) in [4.78, 5) is 0. The molecule has 0 amide bonds. The number of hydrogen-bond acceptors (Lipinski definition) is 1. The predicted molar refractivity (Wildman–Crippen MR) is 51.3 cm³/mol. The normalized spacial score (nSPS) is 13.0. The van der Waals surface area contributed by atoms with E-state index >= 15 is 0 Å². The first-order chi connectivity index (χ1) is 6.07. The highest BCUT2D eigenvalue weighted by Gasteiger charge is 2.17. The molecule has 0 fully saturated rings. The van der Waals surface area contributed by atoms with Crippen LogP contribution in [0.25, 0.3) is 0 Å². The van der Waals surface area contributed by atoms with Crippen LogP contribution in [0.3, 0.4) is 0 Å². The van der Waals surface area contributed by atoms with Crippen LogP contribution in [0.1, 0.15) is 24.9 Å². The Hall–Kier alpha value is -0.480. The minimum absolute atomic E-state index is 0.0446. The molecule has 1 rings (SSSR count). The van der Waals surface area contributed by atoms with Crippen molar-refractivity contribution in [3.8, 4) is 0 Å². The van der Waals surface area contributed by atoms with Crippen molar-refractivity contribution in [2.75, 3.05) is 0 Å². The van der Waals surface area contributed by atoms with E-state index in [9.17, 15) is 8.78 Å². The van der Waals surface area contributed by atoms with Gasteiger partial charge in [0, 0.05) is 11.6 Å². The van der Waals surface area contributed by atoms with Gasteiger partial charge in [0.05, 0.1) is 4.47 Å². The maximum atomic E-state index is 13.3. The lowest BCUT2D eigenvalue weighted by Gasteiger charge is -2.12. The maximum Gasteiger partial charge on any atom is 0.145 e. The molecule has 4 heteroatoms. The van der Waals surface area contributed by atoms with E-state index in [1.807, 2.05) is 0 Å². The van der Waals surface area contributed by atoms with Gasteiger partial charge in [-0.2, -0.15) is 0 Å². The van der Waals surface area contributed by atoms with Crippen molar-refractivity contribution in [3.63, 3.8) is 0 Å². The summed E-state index contributed by atoms with van der Waals surface area (Å²) in [6.45, 7) is 1.78. The smallest absolute Gasteiger partial charge is 0.145 e. The molecule has 13 heavy (non-hydrogen) atoms. The van der Waals surface area contributed by atoms with Gasteiger partial charge in [-0.3, -0.25) is 0 Å². The van der Waals surface area contributed by atoms with Crippen LogP contribution in [-0.2, 0) is 0 Å². The van der Waals surface area contributed by atoms with E-state index in [0.29, 0.717) is 6.42 Å². The largest absolute Gasteiger partial charge is 0.324 e. The molecule has 0 saturated heterocycles. The van der Waals surface area contributed by atoms with Crippen LogP contribution in [0.15, 0.2) is 16.6 Å². The highest BCUT2D eigenvalue weighted by atomic mass is 79.9. The molecule has 72 valence electrons. The van der Waals surface area contributed by atoms with Gasteiger partial charge in [-0.15, -0.1) is 0 Å². The van der Waals surface area contributed by atoms with Crippen molar-refractivity contribution < 1.29 is 8.78 Å². The summed E-state index contributed by atoms with van der Waals surface area (Å²) >= 11 is 2.98. The van der Waals surface area contributed by atoms with E-state index in [1.165, 1.54) is 12.1 Å². The number of nitrogens with two attached hydrogens (primary N) is 1. The molecule has 0 heterocycles. The van der Waals surface area contributed by atoms with Gasteiger partial charge >= 0.3 is 0 Å². The fourth-order valence-electron chi connectivity index (χ4n) is 1.09. The minimum atomic E-state index is -0.602. The zero-order valence-corrected chi connectivity index (χ0v) is 8.74. The predicted octanol–water partition coefficient (Wildman–Crippen LogP) is 3.14. The summed E-state index contributed by atoms with van der Waals surface area (Å²) in [5.74, 6) is -1.19. The van der Waals surface area contributed by atoms with Gasteiger partial charge in [-0.05, 0) is 34.5 Å². The van der Waals surface area contributed by atoms with Crippen LogP contribution in [0.2, 0.25) is 0 Å². The Morgan fingerprint density at radius 1 is 1.46 bits per heavy atom. The van der Waals surface area contributed by atoms with E-state index in [4.69, 9.17) is 5.73 Å². The molecule has 1 atom stereocenters. The molecular weight excluding hydrogens is 240 g/mol. The topological polar surface area (TPSA) is 26.0 Å². The van der Waals surface area contributed by atoms with E-state index in [0.717, 1.165) is 0 Å². The second kappa shape index (κ2) is 4.15. The van der Waals surface area contributed by atoms with Crippen LogP contribution < -0.4 is 5.73 Å². The SMILES string of the molecule is CC[C@H](N)c1c(F)ccc(Br)c1F. The van der Waals surface area contributed by atoms with Gasteiger partial charge in [0.2, 0.25) is 0 Å². The molecular formula is C9H10BrF2N. The summed E-state index contributed by atoms with van der Waals surface area (Å²) in [6, 6.07) is 1.95. The summed E-state index contributed by atoms with van der Waals surface area (Å²) < 4.78 is 26.7. The molecule has 0 aliphatic carbocycles. The summed E-state index contributed by atoms with van der Waals surface area (Å²) in [6.07, 6.45) is 0.504. The molecule has 0 spiro atoms. The highest BCUT2D eigenvalue weighted by molar-refractivity contribution is 9.10. The number of halogens is 3. The van der Waals surface area contributed by atoms with Crippen LogP contribution in [-0.4, -0.2) is 0 Å². The van der Waals surface area contributed by atoms with E-state index in [1.54, 1.807) is 6.92 Å². The molecule has 0 aliphatic heterocycles. The second-order valence-corrected chi connectivity index (χ2v) is 3.63. The lowest BCUT2D eigenvalue weighted by atomic mass is 10.0. The highest BCUT2D eigenvalue weighted by Crippen LogP contribution is 2.26. The van der Waals surface area contributed by atoms with Crippen molar-refractivity contribution in [1.29, 1.82) is 0 Å². The van der Waals surface area contributed by atoms with Crippen LogP contribution in [0.5, 0.6) is 0 Å². The van der Waals surface area contributed by atoms with E-state index in [-0.39, 0.29) is 10.0 Å². The summed E-state index contributed by atoms with van der Waals surface area (Å²) in [5, 5.41) is 0. The first-order valence-electron chi connectivity index (χ1n) is 3.96. The molecule has 2 N–H and O–H groups in total. The Kier molecular flexibility index (Phi) is 3.39. The molecule has 0 saturated carbocycles. The Balaban J connectivity index is 3.25. The molecule has 0 aromatic heterocycles. The molecule has 0 unspecified atom stereocenters. The second-order valence-electron chi connectivity index (χ2n) is 2.77. The fourth-order valence-corrected chi connectivity index (χ4v) is 1.43. The fraction of sp³-hybridized carbons (Fsp3) is 0.333.